The zero-order valence-electron chi connectivity index (χ0n) is 14.8. The summed E-state index contributed by atoms with van der Waals surface area (Å²) >= 11 is 0. The summed E-state index contributed by atoms with van der Waals surface area (Å²) in [4.78, 5) is 22.6. The van der Waals surface area contributed by atoms with Gasteiger partial charge in [-0.15, -0.1) is 0 Å². The molecule has 1 N–H and O–H groups in total. The molecule has 1 aliphatic heterocycles. The highest BCUT2D eigenvalue weighted by molar-refractivity contribution is 5.92. The summed E-state index contributed by atoms with van der Waals surface area (Å²) < 4.78 is 18.7. The van der Waals surface area contributed by atoms with Crippen molar-refractivity contribution in [3.05, 3.63) is 48.2 Å². The van der Waals surface area contributed by atoms with Crippen LogP contribution >= 0.6 is 0 Å². The van der Waals surface area contributed by atoms with Gasteiger partial charge in [0.1, 0.15) is 5.82 Å². The third-order valence-corrected chi connectivity index (χ3v) is 4.49. The van der Waals surface area contributed by atoms with Crippen molar-refractivity contribution in [1.29, 1.82) is 0 Å². The number of likely N-dealkylation sites (tertiary alicyclic amines) is 1. The fourth-order valence-electron chi connectivity index (χ4n) is 2.98. The number of carbonyl (C=O) groups is 1. The van der Waals surface area contributed by atoms with E-state index in [0.29, 0.717) is 30.6 Å². The van der Waals surface area contributed by atoms with Gasteiger partial charge < -0.3 is 10.1 Å². The second-order valence-electron chi connectivity index (χ2n) is 6.53. The minimum absolute atomic E-state index is 0.0820. The van der Waals surface area contributed by atoms with Crippen LogP contribution in [0.5, 0.6) is 5.88 Å². The average molecular weight is 358 g/mol. The number of carbonyl (C=O) groups excluding carboxylic acids is 1. The summed E-state index contributed by atoms with van der Waals surface area (Å²) in [5.74, 6) is 0.645. The summed E-state index contributed by atoms with van der Waals surface area (Å²) in [6.45, 7) is 4.54. The van der Waals surface area contributed by atoms with Gasteiger partial charge in [-0.2, -0.15) is 0 Å². The lowest BCUT2D eigenvalue weighted by Crippen LogP contribution is -2.40. The van der Waals surface area contributed by atoms with E-state index in [0.717, 1.165) is 31.6 Å². The van der Waals surface area contributed by atoms with Gasteiger partial charge in [0.15, 0.2) is 0 Å². The molecule has 0 saturated carbocycles. The maximum atomic E-state index is 12.9. The fourth-order valence-corrected chi connectivity index (χ4v) is 2.98. The van der Waals surface area contributed by atoms with E-state index in [2.05, 4.69) is 20.2 Å². The van der Waals surface area contributed by atoms with Crippen LogP contribution in [0.1, 0.15) is 18.5 Å². The summed E-state index contributed by atoms with van der Waals surface area (Å²) in [5, 5.41) is 2.79. The molecule has 26 heavy (non-hydrogen) atoms. The molecule has 0 atom stereocenters. The van der Waals surface area contributed by atoms with Crippen molar-refractivity contribution in [3.63, 3.8) is 0 Å². The van der Waals surface area contributed by atoms with Crippen LogP contribution in [0.2, 0.25) is 0 Å². The van der Waals surface area contributed by atoms with Crippen molar-refractivity contribution in [1.82, 2.24) is 14.9 Å². The molecule has 2 aromatic rings. The van der Waals surface area contributed by atoms with E-state index in [1.807, 2.05) is 6.92 Å². The number of aromatic nitrogens is 2. The van der Waals surface area contributed by atoms with E-state index in [-0.39, 0.29) is 11.7 Å². The first kappa shape index (κ1) is 18.3. The highest BCUT2D eigenvalue weighted by Crippen LogP contribution is 2.19. The van der Waals surface area contributed by atoms with Crippen molar-refractivity contribution in [2.75, 3.05) is 31.6 Å². The number of aryl methyl sites for hydroxylation is 1. The fraction of sp³-hybridized carbons (Fsp3) is 0.421. The second kappa shape index (κ2) is 8.71. The third kappa shape index (κ3) is 5.23. The Morgan fingerprint density at radius 3 is 2.62 bits per heavy atom. The predicted molar refractivity (Wildman–Crippen MR) is 96.5 cm³/mol. The molecular formula is C19H23FN4O2. The van der Waals surface area contributed by atoms with Crippen LogP contribution in [0.3, 0.4) is 0 Å². The molecule has 1 aromatic carbocycles. The molecule has 7 heteroatoms. The topological polar surface area (TPSA) is 67.4 Å². The zero-order valence-corrected chi connectivity index (χ0v) is 14.8. The molecule has 0 bridgehead atoms. The molecule has 3 rings (SSSR count). The number of piperidine rings is 1. The van der Waals surface area contributed by atoms with Gasteiger partial charge >= 0.3 is 0 Å². The van der Waals surface area contributed by atoms with Crippen LogP contribution in [0.4, 0.5) is 10.1 Å². The van der Waals surface area contributed by atoms with Gasteiger partial charge in [0.25, 0.3) is 0 Å². The summed E-state index contributed by atoms with van der Waals surface area (Å²) in [6.07, 6.45) is 5.23. The number of rotatable bonds is 6. The highest BCUT2D eigenvalue weighted by Gasteiger charge is 2.21. The Labute approximate surface area is 152 Å². The van der Waals surface area contributed by atoms with E-state index >= 15 is 0 Å². The van der Waals surface area contributed by atoms with E-state index < -0.39 is 0 Å². The molecule has 1 amide bonds. The molecule has 138 valence electrons. The number of anilines is 1. The lowest BCUT2D eigenvalue weighted by Gasteiger charge is -2.31. The van der Waals surface area contributed by atoms with Crippen molar-refractivity contribution >= 4 is 11.6 Å². The molecule has 1 aromatic heterocycles. The van der Waals surface area contributed by atoms with E-state index in [9.17, 15) is 9.18 Å². The molecule has 0 aliphatic carbocycles. The Morgan fingerprint density at radius 2 is 1.92 bits per heavy atom. The highest BCUT2D eigenvalue weighted by atomic mass is 19.1. The number of nitrogens with zero attached hydrogens (tertiary/aromatic N) is 3. The first-order valence-electron chi connectivity index (χ1n) is 8.78. The van der Waals surface area contributed by atoms with Gasteiger partial charge in [0, 0.05) is 18.1 Å². The van der Waals surface area contributed by atoms with E-state index in [4.69, 9.17) is 4.74 Å². The van der Waals surface area contributed by atoms with Crippen LogP contribution in [0, 0.1) is 18.7 Å². The normalized spacial score (nSPS) is 15.6. The molecule has 1 aliphatic rings. The van der Waals surface area contributed by atoms with Crippen LogP contribution in [0.15, 0.2) is 36.7 Å². The predicted octanol–water partition coefficient (Wildman–Crippen LogP) is 2.65. The van der Waals surface area contributed by atoms with Crippen LogP contribution in [0.25, 0.3) is 0 Å². The molecule has 0 spiro atoms. The maximum absolute atomic E-state index is 12.9. The van der Waals surface area contributed by atoms with Gasteiger partial charge in [-0.3, -0.25) is 14.7 Å². The number of hydrogen-bond donors (Lipinski definition) is 1. The smallest absolute Gasteiger partial charge is 0.238 e. The average Bonchev–Trinajstić information content (AvgIpc) is 2.64. The molecule has 1 fully saturated rings. The Bertz CT molecular complexity index is 731. The molecule has 0 radical (unpaired) electrons. The molecule has 6 nitrogen and oxygen atoms in total. The largest absolute Gasteiger partial charge is 0.476 e. The minimum atomic E-state index is -0.316. The van der Waals surface area contributed by atoms with E-state index in [1.54, 1.807) is 24.5 Å². The van der Waals surface area contributed by atoms with Crippen LogP contribution in [-0.2, 0) is 4.79 Å². The third-order valence-electron chi connectivity index (χ3n) is 4.49. The molecule has 0 unspecified atom stereocenters. The summed E-state index contributed by atoms with van der Waals surface area (Å²) in [6, 6.07) is 5.79. The zero-order chi connectivity index (χ0) is 18.4. The van der Waals surface area contributed by atoms with Gasteiger partial charge in [0.05, 0.1) is 18.8 Å². The standard InChI is InChI=1S/C19H23FN4O2/c1-14-19(22-9-8-21-14)26-13-15-6-10-24(11-7-15)12-18(25)23-17-4-2-16(20)3-5-17/h2-5,8-9,15H,6-7,10-13H2,1H3,(H,23,25). The number of amides is 1. The number of hydrogen-bond acceptors (Lipinski definition) is 5. The van der Waals surface area contributed by atoms with Crippen molar-refractivity contribution in [3.8, 4) is 5.88 Å². The number of ether oxygens (including phenoxy) is 1. The summed E-state index contributed by atoms with van der Waals surface area (Å²) in [5.41, 5.74) is 1.40. The number of nitrogens with one attached hydrogen (secondary N) is 1. The van der Waals surface area contributed by atoms with Crippen molar-refractivity contribution < 1.29 is 13.9 Å². The molecular weight excluding hydrogens is 335 g/mol. The quantitative estimate of drug-likeness (QED) is 0.860. The Balaban J connectivity index is 1.38. The van der Waals surface area contributed by atoms with Crippen LogP contribution < -0.4 is 10.1 Å². The monoisotopic (exact) mass is 358 g/mol. The lowest BCUT2D eigenvalue weighted by atomic mass is 9.98. The Hall–Kier alpha value is -2.54. The first-order valence-corrected chi connectivity index (χ1v) is 8.78. The number of halogens is 1. The Kier molecular flexibility index (Phi) is 6.12. The maximum Gasteiger partial charge on any atom is 0.238 e. The minimum Gasteiger partial charge on any atom is -0.476 e. The van der Waals surface area contributed by atoms with E-state index in [1.165, 1.54) is 12.1 Å². The van der Waals surface area contributed by atoms with Gasteiger partial charge in [-0.1, -0.05) is 0 Å². The second-order valence-corrected chi connectivity index (χ2v) is 6.53. The first-order chi connectivity index (χ1) is 12.6. The van der Waals surface area contributed by atoms with Crippen molar-refractivity contribution in [2.24, 2.45) is 5.92 Å². The Morgan fingerprint density at radius 1 is 1.23 bits per heavy atom. The van der Waals surface area contributed by atoms with Gasteiger partial charge in [0.2, 0.25) is 11.8 Å². The molecule has 2 heterocycles. The van der Waals surface area contributed by atoms with Crippen LogP contribution in [-0.4, -0.2) is 47.0 Å². The van der Waals surface area contributed by atoms with Gasteiger partial charge in [-0.05, 0) is 63.0 Å². The number of benzene rings is 1. The van der Waals surface area contributed by atoms with Crippen molar-refractivity contribution in [2.45, 2.75) is 19.8 Å². The lowest BCUT2D eigenvalue weighted by molar-refractivity contribution is -0.117. The molecule has 1 saturated heterocycles. The van der Waals surface area contributed by atoms with Gasteiger partial charge in [-0.25, -0.2) is 9.37 Å². The SMILES string of the molecule is Cc1nccnc1OCC1CCN(CC(=O)Nc2ccc(F)cc2)CC1. The summed E-state index contributed by atoms with van der Waals surface area (Å²) in [7, 11) is 0.